The van der Waals surface area contributed by atoms with Gasteiger partial charge in [0.2, 0.25) is 0 Å². The summed E-state index contributed by atoms with van der Waals surface area (Å²) >= 11 is 0. The summed E-state index contributed by atoms with van der Waals surface area (Å²) < 4.78 is 5.12. The van der Waals surface area contributed by atoms with Gasteiger partial charge in [-0.05, 0) is 24.6 Å². The van der Waals surface area contributed by atoms with Crippen LogP contribution in [0.4, 0.5) is 0 Å². The zero-order valence-electron chi connectivity index (χ0n) is 11.6. The number of nitrogens with zero attached hydrogens (tertiary/aromatic N) is 3. The molecule has 2 aromatic rings. The average molecular weight is 271 g/mol. The van der Waals surface area contributed by atoms with Gasteiger partial charge in [-0.25, -0.2) is 4.98 Å². The number of aromatic nitrogens is 2. The molecule has 1 aromatic carbocycles. The summed E-state index contributed by atoms with van der Waals surface area (Å²) in [6, 6.07) is 7.67. The van der Waals surface area contributed by atoms with E-state index in [1.165, 1.54) is 12.4 Å². The highest BCUT2D eigenvalue weighted by Gasteiger charge is 2.15. The number of hydrogen-bond acceptors (Lipinski definition) is 4. The minimum absolute atomic E-state index is 0.114. The lowest BCUT2D eigenvalue weighted by atomic mass is 10.2. The van der Waals surface area contributed by atoms with Crippen LogP contribution in [0, 0.1) is 0 Å². The van der Waals surface area contributed by atoms with Crippen molar-refractivity contribution in [1.82, 2.24) is 14.9 Å². The predicted molar refractivity (Wildman–Crippen MR) is 75.4 cm³/mol. The maximum absolute atomic E-state index is 12.3. The molecule has 0 aliphatic carbocycles. The van der Waals surface area contributed by atoms with E-state index in [1.54, 1.807) is 18.2 Å². The van der Waals surface area contributed by atoms with Crippen molar-refractivity contribution >= 4 is 5.91 Å². The third kappa shape index (κ3) is 3.32. The van der Waals surface area contributed by atoms with Gasteiger partial charge in [0, 0.05) is 25.5 Å². The molecule has 5 nitrogen and oxygen atoms in total. The molecule has 1 heterocycles. The maximum atomic E-state index is 12.3. The van der Waals surface area contributed by atoms with Gasteiger partial charge in [0.05, 0.1) is 13.3 Å². The Morgan fingerprint density at radius 3 is 2.55 bits per heavy atom. The van der Waals surface area contributed by atoms with Crippen molar-refractivity contribution in [3.05, 3.63) is 54.1 Å². The molecule has 0 N–H and O–H groups in total. The molecule has 5 heteroatoms. The highest BCUT2D eigenvalue weighted by molar-refractivity contribution is 5.91. The van der Waals surface area contributed by atoms with E-state index in [1.807, 2.05) is 31.2 Å². The third-order valence-electron chi connectivity index (χ3n) is 2.98. The molecule has 0 saturated carbocycles. The number of amides is 1. The first-order chi connectivity index (χ1) is 9.74. The van der Waals surface area contributed by atoms with Gasteiger partial charge < -0.3 is 9.64 Å². The Labute approximate surface area is 118 Å². The molecule has 1 aromatic heterocycles. The Balaban J connectivity index is 2.10. The fraction of sp³-hybridized carbons (Fsp3) is 0.267. The van der Waals surface area contributed by atoms with Gasteiger partial charge in [0.1, 0.15) is 11.4 Å². The van der Waals surface area contributed by atoms with Crippen LogP contribution in [0.15, 0.2) is 42.9 Å². The lowest BCUT2D eigenvalue weighted by molar-refractivity contribution is 0.0746. The monoisotopic (exact) mass is 271 g/mol. The Hall–Kier alpha value is -2.43. The van der Waals surface area contributed by atoms with Crippen LogP contribution in [0.1, 0.15) is 23.0 Å². The number of carbonyl (C=O) groups excluding carboxylic acids is 1. The van der Waals surface area contributed by atoms with Crippen molar-refractivity contribution in [2.45, 2.75) is 13.5 Å². The van der Waals surface area contributed by atoms with Crippen molar-refractivity contribution in [2.24, 2.45) is 0 Å². The van der Waals surface area contributed by atoms with Crippen LogP contribution >= 0.6 is 0 Å². The molecule has 0 unspecified atom stereocenters. The van der Waals surface area contributed by atoms with Crippen LogP contribution in [0.25, 0.3) is 0 Å². The average Bonchev–Trinajstić information content (AvgIpc) is 2.53. The molecular formula is C15H17N3O2. The van der Waals surface area contributed by atoms with E-state index in [0.29, 0.717) is 18.8 Å². The molecule has 0 atom stereocenters. The molecule has 20 heavy (non-hydrogen) atoms. The molecule has 0 spiro atoms. The molecule has 0 bridgehead atoms. The Kier molecular flexibility index (Phi) is 4.65. The summed E-state index contributed by atoms with van der Waals surface area (Å²) in [7, 11) is 1.63. The second kappa shape index (κ2) is 6.65. The van der Waals surface area contributed by atoms with Gasteiger partial charge in [0.15, 0.2) is 0 Å². The van der Waals surface area contributed by atoms with Crippen LogP contribution in [-0.4, -0.2) is 34.4 Å². The minimum atomic E-state index is -0.114. The zero-order valence-corrected chi connectivity index (χ0v) is 11.6. The lowest BCUT2D eigenvalue weighted by Gasteiger charge is -2.20. The molecule has 0 radical (unpaired) electrons. The van der Waals surface area contributed by atoms with Gasteiger partial charge in [-0.3, -0.25) is 9.78 Å². The zero-order chi connectivity index (χ0) is 14.4. The van der Waals surface area contributed by atoms with Gasteiger partial charge >= 0.3 is 0 Å². The molecule has 0 fully saturated rings. The number of carbonyl (C=O) groups is 1. The molecule has 0 aliphatic heterocycles. The Morgan fingerprint density at radius 1 is 1.25 bits per heavy atom. The van der Waals surface area contributed by atoms with Gasteiger partial charge in [-0.15, -0.1) is 0 Å². The Morgan fingerprint density at radius 2 is 2.00 bits per heavy atom. The highest BCUT2D eigenvalue weighted by atomic mass is 16.5. The summed E-state index contributed by atoms with van der Waals surface area (Å²) in [5.74, 6) is 0.688. The smallest absolute Gasteiger partial charge is 0.274 e. The molecule has 1 amide bonds. The number of benzene rings is 1. The topological polar surface area (TPSA) is 55.3 Å². The summed E-state index contributed by atoms with van der Waals surface area (Å²) in [6.07, 6.45) is 4.56. The van der Waals surface area contributed by atoms with Crippen molar-refractivity contribution in [2.75, 3.05) is 13.7 Å². The van der Waals surface area contributed by atoms with Crippen molar-refractivity contribution in [1.29, 1.82) is 0 Å². The fourth-order valence-corrected chi connectivity index (χ4v) is 1.85. The molecule has 2 rings (SSSR count). The first-order valence-corrected chi connectivity index (χ1v) is 6.42. The number of hydrogen-bond donors (Lipinski definition) is 0. The SMILES string of the molecule is CCN(Cc1ccc(OC)cc1)C(=O)c1cnccn1. The lowest BCUT2D eigenvalue weighted by Crippen LogP contribution is -2.31. The largest absolute Gasteiger partial charge is 0.497 e. The Bertz CT molecular complexity index is 555. The second-order valence-corrected chi connectivity index (χ2v) is 4.26. The molecule has 0 aliphatic rings. The second-order valence-electron chi connectivity index (χ2n) is 4.26. The van der Waals surface area contributed by atoms with E-state index in [9.17, 15) is 4.79 Å². The maximum Gasteiger partial charge on any atom is 0.274 e. The van der Waals surface area contributed by atoms with Gasteiger partial charge in [-0.1, -0.05) is 12.1 Å². The molecule has 104 valence electrons. The van der Waals surface area contributed by atoms with E-state index in [-0.39, 0.29) is 5.91 Å². The van der Waals surface area contributed by atoms with Crippen LogP contribution in [0.2, 0.25) is 0 Å². The number of rotatable bonds is 5. The van der Waals surface area contributed by atoms with Crippen molar-refractivity contribution in [3.63, 3.8) is 0 Å². The highest BCUT2D eigenvalue weighted by Crippen LogP contribution is 2.14. The summed E-state index contributed by atoms with van der Waals surface area (Å²) in [6.45, 7) is 3.09. The van der Waals surface area contributed by atoms with Crippen LogP contribution < -0.4 is 4.74 Å². The number of methoxy groups -OCH3 is 1. The fourth-order valence-electron chi connectivity index (χ4n) is 1.85. The standard InChI is InChI=1S/C15H17N3O2/c1-3-18(15(19)14-10-16-8-9-17-14)11-12-4-6-13(20-2)7-5-12/h4-10H,3,11H2,1-2H3. The summed E-state index contributed by atoms with van der Waals surface area (Å²) in [4.78, 5) is 22.0. The molecular weight excluding hydrogens is 254 g/mol. The summed E-state index contributed by atoms with van der Waals surface area (Å²) in [5.41, 5.74) is 1.41. The normalized spacial score (nSPS) is 10.1. The molecule has 0 saturated heterocycles. The van der Waals surface area contributed by atoms with Gasteiger partial charge in [0.25, 0.3) is 5.91 Å². The first kappa shape index (κ1) is 14.0. The predicted octanol–water partition coefficient (Wildman–Crippen LogP) is 2.15. The first-order valence-electron chi connectivity index (χ1n) is 6.42. The van der Waals surface area contributed by atoms with Crippen LogP contribution in [0.5, 0.6) is 5.75 Å². The van der Waals surface area contributed by atoms with Crippen LogP contribution in [-0.2, 0) is 6.54 Å². The van der Waals surface area contributed by atoms with E-state index in [0.717, 1.165) is 11.3 Å². The van der Waals surface area contributed by atoms with E-state index in [2.05, 4.69) is 9.97 Å². The van der Waals surface area contributed by atoms with Crippen LogP contribution in [0.3, 0.4) is 0 Å². The van der Waals surface area contributed by atoms with E-state index >= 15 is 0 Å². The van der Waals surface area contributed by atoms with E-state index in [4.69, 9.17) is 4.74 Å². The van der Waals surface area contributed by atoms with E-state index < -0.39 is 0 Å². The minimum Gasteiger partial charge on any atom is -0.497 e. The van der Waals surface area contributed by atoms with Crippen molar-refractivity contribution in [3.8, 4) is 5.75 Å². The summed E-state index contributed by atoms with van der Waals surface area (Å²) in [5, 5.41) is 0. The number of ether oxygens (including phenoxy) is 1. The quantitative estimate of drug-likeness (QED) is 0.836. The van der Waals surface area contributed by atoms with Crippen molar-refractivity contribution < 1.29 is 9.53 Å². The van der Waals surface area contributed by atoms with Gasteiger partial charge in [-0.2, -0.15) is 0 Å². The third-order valence-corrected chi connectivity index (χ3v) is 2.98.